The zero-order valence-electron chi connectivity index (χ0n) is 19.4. The molecule has 13 heteroatoms. The summed E-state index contributed by atoms with van der Waals surface area (Å²) in [5.41, 5.74) is 6.11. The third-order valence-electron chi connectivity index (χ3n) is 7.32. The second-order valence-electron chi connectivity index (χ2n) is 9.72. The molecule has 5 atom stereocenters. The van der Waals surface area contributed by atoms with Crippen LogP contribution in [0.5, 0.6) is 0 Å². The van der Waals surface area contributed by atoms with Crippen LogP contribution >= 0.6 is 39.3 Å². The molecule has 5 unspecified atom stereocenters. The van der Waals surface area contributed by atoms with Crippen molar-refractivity contribution in [2.75, 3.05) is 13.7 Å². The highest BCUT2D eigenvalue weighted by Gasteiger charge is 2.57. The first-order valence-corrected chi connectivity index (χ1v) is 13.8. The van der Waals surface area contributed by atoms with Gasteiger partial charge in [-0.05, 0) is 53.2 Å². The van der Waals surface area contributed by atoms with Crippen molar-refractivity contribution in [2.24, 2.45) is 11.7 Å². The molecule has 4 heterocycles. The molecule has 1 amide bonds. The van der Waals surface area contributed by atoms with Crippen molar-refractivity contribution in [3.63, 3.8) is 0 Å². The van der Waals surface area contributed by atoms with Gasteiger partial charge in [-0.3, -0.25) is 4.79 Å². The minimum Gasteiger partial charge on any atom is -0.382 e. The molecule has 2 aromatic rings. The quantitative estimate of drug-likeness (QED) is 0.421. The van der Waals surface area contributed by atoms with Gasteiger partial charge < -0.3 is 30.6 Å². The van der Waals surface area contributed by atoms with Crippen molar-refractivity contribution in [3.8, 4) is 0 Å². The number of halogens is 2. The predicted octanol–water partition coefficient (Wildman–Crippen LogP) is 2.58. The van der Waals surface area contributed by atoms with E-state index in [1.54, 1.807) is 31.8 Å². The molecule has 2 aliphatic heterocycles. The maximum atomic E-state index is 13.2. The summed E-state index contributed by atoms with van der Waals surface area (Å²) in [5, 5.41) is 11.0. The maximum absolute atomic E-state index is 13.2. The van der Waals surface area contributed by atoms with Crippen LogP contribution in [0.2, 0.25) is 5.15 Å². The zero-order valence-corrected chi connectivity index (χ0v) is 22.6. The second-order valence-corrected chi connectivity index (χ2v) is 12.2. The molecule has 2 bridgehead atoms. The molecule has 2 saturated heterocycles. The normalized spacial score (nSPS) is 34.6. The highest BCUT2D eigenvalue weighted by Crippen LogP contribution is 2.57. The first kappa shape index (κ1) is 24.5. The smallest absolute Gasteiger partial charge is 0.271 e. The Morgan fingerprint density at radius 1 is 1.44 bits per heavy atom. The molecule has 192 valence electrons. The van der Waals surface area contributed by atoms with Crippen molar-refractivity contribution < 1.29 is 19.0 Å². The van der Waals surface area contributed by atoms with Crippen LogP contribution in [-0.2, 0) is 14.2 Å². The Morgan fingerprint density at radius 2 is 2.25 bits per heavy atom. The van der Waals surface area contributed by atoms with Gasteiger partial charge in [0, 0.05) is 40.6 Å². The number of nitrogens with two attached hydrogens (primary N) is 1. The number of methoxy groups -OCH3 is 1. The van der Waals surface area contributed by atoms with Crippen molar-refractivity contribution in [1.29, 1.82) is 0 Å². The van der Waals surface area contributed by atoms with Gasteiger partial charge in [-0.15, -0.1) is 0 Å². The average molecular weight is 598 g/mol. The molecular weight excluding hydrogens is 572 g/mol. The summed E-state index contributed by atoms with van der Waals surface area (Å²) < 4.78 is 20.3. The molecule has 2 aromatic heterocycles. The predicted molar refractivity (Wildman–Crippen MR) is 137 cm³/mol. The van der Waals surface area contributed by atoms with Crippen LogP contribution in [0.25, 0.3) is 5.82 Å². The van der Waals surface area contributed by atoms with Gasteiger partial charge in [0.1, 0.15) is 35.3 Å². The first-order valence-electron chi connectivity index (χ1n) is 11.7. The zero-order chi connectivity index (χ0) is 25.0. The molecule has 0 aromatic carbocycles. The van der Waals surface area contributed by atoms with E-state index in [-0.39, 0.29) is 29.7 Å². The average Bonchev–Trinajstić information content (AvgIpc) is 3.22. The molecular formula is C23H26BrClN6O4S. The van der Waals surface area contributed by atoms with E-state index in [9.17, 15) is 4.79 Å². The summed E-state index contributed by atoms with van der Waals surface area (Å²) in [4.78, 5) is 18.3. The molecule has 10 nitrogen and oxygen atoms in total. The van der Waals surface area contributed by atoms with Crippen LogP contribution in [0.4, 0.5) is 0 Å². The number of aromatic nitrogens is 3. The minimum atomic E-state index is -0.413. The van der Waals surface area contributed by atoms with Gasteiger partial charge in [0.25, 0.3) is 5.91 Å². The summed E-state index contributed by atoms with van der Waals surface area (Å²) in [6.45, 7) is 0.484. The van der Waals surface area contributed by atoms with E-state index < -0.39 is 11.5 Å². The number of fused-ring (bicyclic) bond motifs is 1. The molecule has 5 aliphatic rings. The number of hydrogen-bond acceptors (Lipinski definition) is 9. The monoisotopic (exact) mass is 596 g/mol. The summed E-state index contributed by atoms with van der Waals surface area (Å²) in [7, 11) is 1.63. The van der Waals surface area contributed by atoms with Gasteiger partial charge in [0.2, 0.25) is 0 Å². The Kier molecular flexibility index (Phi) is 6.45. The third-order valence-corrected chi connectivity index (χ3v) is 9.13. The molecule has 3 saturated carbocycles. The number of pyridine rings is 1. The standard InChI is InChI=1S/C23H26BrClN6O4S/c1-33-20-18(28-9-16(26)31-3-2-15(25)30-31)19-13(10-34-19)35-22(20)36-14-4-12(24)8-27-17(14)21(32)29-23-5-11(6-23)7-23/h2-4,8-9,11,13,18-20,22,28H,5-7,10,26H2,1H3,(H,29,32)/b16-9+. The van der Waals surface area contributed by atoms with Crippen molar-refractivity contribution in [3.05, 3.63) is 46.0 Å². The fourth-order valence-corrected chi connectivity index (χ4v) is 7.25. The molecule has 36 heavy (non-hydrogen) atoms. The van der Waals surface area contributed by atoms with Crippen molar-refractivity contribution in [1.82, 2.24) is 25.4 Å². The lowest BCUT2D eigenvalue weighted by Crippen LogP contribution is -2.68. The highest BCUT2D eigenvalue weighted by molar-refractivity contribution is 9.10. The number of carbonyl (C=O) groups is 1. The fraction of sp³-hybridized carbons (Fsp3) is 0.522. The van der Waals surface area contributed by atoms with Crippen molar-refractivity contribution in [2.45, 2.75) is 59.5 Å². The van der Waals surface area contributed by atoms with E-state index in [2.05, 4.69) is 36.6 Å². The Morgan fingerprint density at radius 3 is 2.86 bits per heavy atom. The number of hydrogen-bond donors (Lipinski definition) is 3. The number of ether oxygens (including phenoxy) is 3. The number of rotatable bonds is 8. The Hall–Kier alpha value is -1.83. The van der Waals surface area contributed by atoms with E-state index in [0.29, 0.717) is 23.3 Å². The lowest BCUT2D eigenvalue weighted by Gasteiger charge is -2.61. The van der Waals surface area contributed by atoms with Crippen LogP contribution < -0.4 is 16.4 Å². The largest absolute Gasteiger partial charge is 0.382 e. The summed E-state index contributed by atoms with van der Waals surface area (Å²) in [5.74, 6) is 0.985. The summed E-state index contributed by atoms with van der Waals surface area (Å²) in [6, 6.07) is 3.30. The van der Waals surface area contributed by atoms with Crippen LogP contribution in [0.15, 0.2) is 40.1 Å². The van der Waals surface area contributed by atoms with Gasteiger partial charge >= 0.3 is 0 Å². The molecule has 0 radical (unpaired) electrons. The number of amides is 1. The minimum absolute atomic E-state index is 0.0363. The third kappa shape index (κ3) is 4.41. The lowest BCUT2D eigenvalue weighted by molar-refractivity contribution is -0.258. The fourth-order valence-electron chi connectivity index (χ4n) is 5.32. The molecule has 3 aliphatic carbocycles. The lowest BCUT2D eigenvalue weighted by atomic mass is 9.50. The number of thioether (sulfide) groups is 1. The molecule has 5 fully saturated rings. The number of nitrogens with zero attached hydrogens (tertiary/aromatic N) is 3. The molecule has 0 spiro atoms. The van der Waals surface area contributed by atoms with Crippen LogP contribution in [0.3, 0.4) is 0 Å². The Bertz CT molecular complexity index is 1200. The Balaban J connectivity index is 1.21. The van der Waals surface area contributed by atoms with E-state index in [1.807, 2.05) is 6.07 Å². The topological polar surface area (TPSA) is 126 Å². The highest BCUT2D eigenvalue weighted by atomic mass is 79.9. The number of carbonyl (C=O) groups excluding carboxylic acids is 1. The van der Waals surface area contributed by atoms with Gasteiger partial charge in [-0.2, -0.15) is 5.10 Å². The first-order chi connectivity index (χ1) is 17.3. The van der Waals surface area contributed by atoms with Gasteiger partial charge in [-0.25, -0.2) is 9.67 Å². The van der Waals surface area contributed by atoms with E-state index >= 15 is 0 Å². The summed E-state index contributed by atoms with van der Waals surface area (Å²) in [6.07, 6.45) is 7.44. The van der Waals surface area contributed by atoms with Gasteiger partial charge in [-0.1, -0.05) is 23.4 Å². The number of nitrogens with one attached hydrogen (secondary N) is 2. The van der Waals surface area contributed by atoms with Gasteiger partial charge in [0.15, 0.2) is 5.15 Å². The Labute approximate surface area is 225 Å². The SMILES string of the molecule is COC1C(Sc2cc(Br)cnc2C(=O)NC23CC(C2)C3)OC2COC2C1N/C=C(\N)n1ccc(Cl)n1. The van der Waals surface area contributed by atoms with Gasteiger partial charge in [0.05, 0.1) is 12.6 Å². The van der Waals surface area contributed by atoms with E-state index in [0.717, 1.165) is 34.5 Å². The molecule has 4 N–H and O–H groups in total. The van der Waals surface area contributed by atoms with Crippen LogP contribution in [0, 0.1) is 5.92 Å². The van der Waals surface area contributed by atoms with Crippen molar-refractivity contribution >= 4 is 51.0 Å². The van der Waals surface area contributed by atoms with E-state index in [1.165, 1.54) is 16.4 Å². The van der Waals surface area contributed by atoms with Crippen LogP contribution in [-0.4, -0.2) is 69.7 Å². The molecule has 7 rings (SSSR count). The van der Waals surface area contributed by atoms with Crippen LogP contribution in [0.1, 0.15) is 29.8 Å². The summed E-state index contributed by atoms with van der Waals surface area (Å²) >= 11 is 10.8. The second kappa shape index (κ2) is 9.48. The maximum Gasteiger partial charge on any atom is 0.271 e. The van der Waals surface area contributed by atoms with E-state index in [4.69, 9.17) is 31.5 Å².